The minimum atomic E-state index is -0.311. The SMILES string of the molecule is Cc1oc2c(c1C(=O)N1CCN3C(=O)OCC3C1)C(=O)CCC2. The average molecular weight is 318 g/mol. The molecule has 1 aromatic rings. The highest BCUT2D eigenvalue weighted by Gasteiger charge is 2.40. The highest BCUT2D eigenvalue weighted by molar-refractivity contribution is 6.10. The Balaban J connectivity index is 1.62. The van der Waals surface area contributed by atoms with Crippen LogP contribution in [0.25, 0.3) is 0 Å². The van der Waals surface area contributed by atoms with Crippen molar-refractivity contribution >= 4 is 17.8 Å². The van der Waals surface area contributed by atoms with Crippen molar-refractivity contribution in [2.24, 2.45) is 0 Å². The summed E-state index contributed by atoms with van der Waals surface area (Å²) in [5, 5.41) is 0. The van der Waals surface area contributed by atoms with Crippen LogP contribution in [0.15, 0.2) is 4.42 Å². The maximum atomic E-state index is 12.9. The molecule has 0 radical (unpaired) electrons. The first-order chi connectivity index (χ1) is 11.1. The average Bonchev–Trinajstić information content (AvgIpc) is 3.07. The Bertz CT molecular complexity index is 708. The summed E-state index contributed by atoms with van der Waals surface area (Å²) in [6.45, 7) is 3.37. The molecule has 7 nitrogen and oxygen atoms in total. The van der Waals surface area contributed by atoms with Crippen LogP contribution in [0.3, 0.4) is 0 Å². The summed E-state index contributed by atoms with van der Waals surface area (Å²) in [5.74, 6) is 0.961. The molecule has 3 heterocycles. The van der Waals surface area contributed by atoms with Gasteiger partial charge in [-0.3, -0.25) is 14.5 Å². The first-order valence-corrected chi connectivity index (χ1v) is 7.94. The lowest BCUT2D eigenvalue weighted by atomic mass is 9.92. The Morgan fingerprint density at radius 2 is 2.04 bits per heavy atom. The van der Waals surface area contributed by atoms with E-state index in [0.717, 1.165) is 6.42 Å². The largest absolute Gasteiger partial charge is 0.465 e. The van der Waals surface area contributed by atoms with Crippen molar-refractivity contribution in [1.29, 1.82) is 0 Å². The van der Waals surface area contributed by atoms with Gasteiger partial charge in [0.25, 0.3) is 5.91 Å². The quantitative estimate of drug-likeness (QED) is 0.781. The van der Waals surface area contributed by atoms with Gasteiger partial charge in [-0.05, 0) is 13.3 Å². The van der Waals surface area contributed by atoms with Crippen molar-refractivity contribution in [2.45, 2.75) is 32.2 Å². The molecule has 3 aliphatic rings. The number of hydrogen-bond acceptors (Lipinski definition) is 5. The summed E-state index contributed by atoms with van der Waals surface area (Å²) in [7, 11) is 0. The third kappa shape index (κ3) is 2.14. The second kappa shape index (κ2) is 5.11. The molecular weight excluding hydrogens is 300 g/mol. The number of aryl methyl sites for hydroxylation is 2. The molecule has 1 unspecified atom stereocenters. The zero-order valence-electron chi connectivity index (χ0n) is 13.0. The molecule has 0 spiro atoms. The number of hydrogen-bond donors (Lipinski definition) is 0. The lowest BCUT2D eigenvalue weighted by molar-refractivity contribution is 0.0612. The van der Waals surface area contributed by atoms with Gasteiger partial charge in [-0.1, -0.05) is 0 Å². The molecule has 1 aliphatic carbocycles. The molecule has 2 fully saturated rings. The molecule has 2 saturated heterocycles. The predicted molar refractivity (Wildman–Crippen MR) is 78.5 cm³/mol. The summed E-state index contributed by atoms with van der Waals surface area (Å²) in [4.78, 5) is 40.1. The van der Waals surface area contributed by atoms with Crippen LogP contribution in [0.2, 0.25) is 0 Å². The fraction of sp³-hybridized carbons (Fsp3) is 0.562. The summed E-state index contributed by atoms with van der Waals surface area (Å²) in [5.41, 5.74) is 0.878. The molecule has 0 bridgehead atoms. The number of ether oxygens (including phenoxy) is 1. The molecule has 0 saturated carbocycles. The van der Waals surface area contributed by atoms with Crippen molar-refractivity contribution in [3.05, 3.63) is 22.6 Å². The molecule has 2 amide bonds. The van der Waals surface area contributed by atoms with Crippen LogP contribution >= 0.6 is 0 Å². The van der Waals surface area contributed by atoms with Crippen molar-refractivity contribution in [1.82, 2.24) is 9.80 Å². The van der Waals surface area contributed by atoms with E-state index in [1.54, 1.807) is 16.7 Å². The zero-order chi connectivity index (χ0) is 16.1. The van der Waals surface area contributed by atoms with Crippen LogP contribution in [-0.2, 0) is 11.2 Å². The second-order valence-corrected chi connectivity index (χ2v) is 6.28. The molecule has 1 aromatic heterocycles. The van der Waals surface area contributed by atoms with E-state index in [9.17, 15) is 14.4 Å². The maximum absolute atomic E-state index is 12.9. The lowest BCUT2D eigenvalue weighted by Crippen LogP contribution is -2.53. The third-order valence-electron chi connectivity index (χ3n) is 4.86. The number of carbonyl (C=O) groups is 3. The first kappa shape index (κ1) is 14.3. The Labute approximate surface area is 133 Å². The van der Waals surface area contributed by atoms with Gasteiger partial charge in [-0.2, -0.15) is 0 Å². The molecule has 1 atom stereocenters. The minimum Gasteiger partial charge on any atom is -0.465 e. The van der Waals surface area contributed by atoms with Gasteiger partial charge in [0.2, 0.25) is 0 Å². The van der Waals surface area contributed by atoms with Gasteiger partial charge in [0.15, 0.2) is 5.78 Å². The van der Waals surface area contributed by atoms with Crippen LogP contribution in [0.5, 0.6) is 0 Å². The van der Waals surface area contributed by atoms with E-state index in [2.05, 4.69) is 0 Å². The lowest BCUT2D eigenvalue weighted by Gasteiger charge is -2.35. The number of ketones is 1. The number of cyclic esters (lactones) is 1. The van der Waals surface area contributed by atoms with E-state index in [1.165, 1.54) is 0 Å². The molecule has 0 aromatic carbocycles. The molecule has 7 heteroatoms. The standard InChI is InChI=1S/C16H18N2O5/c1-9-13(14-11(19)3-2-4-12(14)23-9)15(20)17-5-6-18-10(7-17)8-22-16(18)21/h10H,2-8H2,1H3. The molecule has 2 aliphatic heterocycles. The number of piperazine rings is 1. The van der Waals surface area contributed by atoms with Crippen LogP contribution in [-0.4, -0.2) is 59.9 Å². The van der Waals surface area contributed by atoms with E-state index >= 15 is 0 Å². The number of carbonyl (C=O) groups excluding carboxylic acids is 3. The van der Waals surface area contributed by atoms with Crippen molar-refractivity contribution < 1.29 is 23.5 Å². The predicted octanol–water partition coefficient (Wildman–Crippen LogP) is 1.38. The zero-order valence-corrected chi connectivity index (χ0v) is 13.0. The molecule has 0 N–H and O–H groups in total. The van der Waals surface area contributed by atoms with Gasteiger partial charge in [0.1, 0.15) is 18.1 Å². The number of rotatable bonds is 1. The fourth-order valence-electron chi connectivity index (χ4n) is 3.70. The Morgan fingerprint density at radius 1 is 1.22 bits per heavy atom. The summed E-state index contributed by atoms with van der Waals surface area (Å²) < 4.78 is 10.7. The van der Waals surface area contributed by atoms with Crippen LogP contribution in [0, 0.1) is 6.92 Å². The van der Waals surface area contributed by atoms with Gasteiger partial charge in [0.05, 0.1) is 17.2 Å². The van der Waals surface area contributed by atoms with Gasteiger partial charge >= 0.3 is 6.09 Å². The smallest absolute Gasteiger partial charge is 0.410 e. The Morgan fingerprint density at radius 3 is 2.87 bits per heavy atom. The van der Waals surface area contributed by atoms with Crippen LogP contribution in [0.1, 0.15) is 45.1 Å². The van der Waals surface area contributed by atoms with E-state index in [-0.39, 0.29) is 23.8 Å². The number of fused-ring (bicyclic) bond motifs is 2. The van der Waals surface area contributed by atoms with E-state index in [1.807, 2.05) is 0 Å². The van der Waals surface area contributed by atoms with Crippen LogP contribution < -0.4 is 0 Å². The Kier molecular flexibility index (Phi) is 3.18. The highest BCUT2D eigenvalue weighted by Crippen LogP contribution is 2.31. The van der Waals surface area contributed by atoms with E-state index in [0.29, 0.717) is 61.7 Å². The van der Waals surface area contributed by atoms with Gasteiger partial charge in [-0.25, -0.2) is 4.79 Å². The number of Topliss-reactive ketones (excluding diaryl/α,β-unsaturated/α-hetero) is 1. The van der Waals surface area contributed by atoms with E-state index in [4.69, 9.17) is 9.15 Å². The van der Waals surface area contributed by atoms with Crippen LogP contribution in [0.4, 0.5) is 4.79 Å². The van der Waals surface area contributed by atoms with Gasteiger partial charge in [-0.15, -0.1) is 0 Å². The first-order valence-electron chi connectivity index (χ1n) is 7.94. The molecule has 4 rings (SSSR count). The van der Waals surface area contributed by atoms with Crippen molar-refractivity contribution in [3.63, 3.8) is 0 Å². The monoisotopic (exact) mass is 318 g/mol. The summed E-state index contributed by atoms with van der Waals surface area (Å²) in [6.07, 6.45) is 1.63. The molecular formula is C16H18N2O5. The summed E-state index contributed by atoms with van der Waals surface area (Å²) in [6, 6.07) is -0.0982. The normalized spacial score (nSPS) is 23.6. The topological polar surface area (TPSA) is 80.1 Å². The molecule has 23 heavy (non-hydrogen) atoms. The Hall–Kier alpha value is -2.31. The summed E-state index contributed by atoms with van der Waals surface area (Å²) >= 11 is 0. The van der Waals surface area contributed by atoms with Gasteiger partial charge < -0.3 is 14.1 Å². The number of nitrogens with zero attached hydrogens (tertiary/aromatic N) is 2. The number of amides is 2. The fourth-order valence-corrected chi connectivity index (χ4v) is 3.70. The molecule has 122 valence electrons. The minimum absolute atomic E-state index is 0.00976. The van der Waals surface area contributed by atoms with Crippen molar-refractivity contribution in [3.8, 4) is 0 Å². The second-order valence-electron chi connectivity index (χ2n) is 6.28. The van der Waals surface area contributed by atoms with Crippen molar-refractivity contribution in [2.75, 3.05) is 26.2 Å². The van der Waals surface area contributed by atoms with E-state index < -0.39 is 0 Å². The third-order valence-corrected chi connectivity index (χ3v) is 4.86. The highest BCUT2D eigenvalue weighted by atomic mass is 16.6. The van der Waals surface area contributed by atoms with Gasteiger partial charge in [0, 0.05) is 32.5 Å². The maximum Gasteiger partial charge on any atom is 0.410 e. The number of furan rings is 1.